The van der Waals surface area contributed by atoms with Gasteiger partial charge in [-0.25, -0.2) is 0 Å². The van der Waals surface area contributed by atoms with Crippen molar-refractivity contribution in [1.29, 1.82) is 0 Å². The van der Waals surface area contributed by atoms with Gasteiger partial charge in [0.15, 0.2) is 6.10 Å². The van der Waals surface area contributed by atoms with Crippen molar-refractivity contribution >= 4 is 23.1 Å². The second-order valence-corrected chi connectivity index (χ2v) is 2.83. The highest BCUT2D eigenvalue weighted by atomic mass is 35.5. The Kier molecular flexibility index (Phi) is 3.17. The summed E-state index contributed by atoms with van der Waals surface area (Å²) >= 11 is 5.09. The molecule has 0 saturated heterocycles. The van der Waals surface area contributed by atoms with Crippen LogP contribution in [0.3, 0.4) is 0 Å². The zero-order valence-corrected chi connectivity index (χ0v) is 7.36. The number of hydrogen-bond donors (Lipinski definition) is 1. The van der Waals surface area contributed by atoms with Gasteiger partial charge in [-0.3, -0.25) is 9.59 Å². The summed E-state index contributed by atoms with van der Waals surface area (Å²) in [6, 6.07) is 6.24. The van der Waals surface area contributed by atoms with Gasteiger partial charge in [0.1, 0.15) is 6.29 Å². The highest BCUT2D eigenvalue weighted by Gasteiger charge is 2.17. The molecule has 1 aromatic rings. The van der Waals surface area contributed by atoms with Gasteiger partial charge in [0.25, 0.3) is 5.24 Å². The highest BCUT2D eigenvalue weighted by molar-refractivity contribution is 6.64. The van der Waals surface area contributed by atoms with Crippen molar-refractivity contribution in [2.75, 3.05) is 0 Å². The van der Waals surface area contributed by atoms with Crippen LogP contribution in [0.5, 0.6) is 0 Å². The van der Waals surface area contributed by atoms with Crippen molar-refractivity contribution in [2.45, 2.75) is 6.10 Å². The van der Waals surface area contributed by atoms with Gasteiger partial charge in [-0.05, 0) is 17.2 Å². The summed E-state index contributed by atoms with van der Waals surface area (Å²) in [4.78, 5) is 21.1. The largest absolute Gasteiger partial charge is 0.379 e. The van der Waals surface area contributed by atoms with E-state index >= 15 is 0 Å². The molecule has 0 aliphatic heterocycles. The first kappa shape index (κ1) is 9.89. The standard InChI is InChI=1S/C9H7ClO3/c10-9(13)8(12)7-4-2-1-3-6(7)5-11/h1-5,8,12H/t8-/m1/s1. The summed E-state index contributed by atoms with van der Waals surface area (Å²) in [6.45, 7) is 0. The first-order chi connectivity index (χ1) is 6.16. The Morgan fingerprint density at radius 3 is 2.62 bits per heavy atom. The van der Waals surface area contributed by atoms with E-state index in [2.05, 4.69) is 0 Å². The molecule has 1 rings (SSSR count). The third-order valence-corrected chi connectivity index (χ3v) is 1.84. The minimum absolute atomic E-state index is 0.234. The molecule has 0 radical (unpaired) electrons. The van der Waals surface area contributed by atoms with Gasteiger partial charge in [0.2, 0.25) is 0 Å². The second-order valence-electron chi connectivity index (χ2n) is 2.45. The van der Waals surface area contributed by atoms with E-state index in [1.807, 2.05) is 0 Å². The molecule has 0 bridgehead atoms. The van der Waals surface area contributed by atoms with Gasteiger partial charge >= 0.3 is 0 Å². The number of benzene rings is 1. The van der Waals surface area contributed by atoms with E-state index < -0.39 is 11.3 Å². The number of carbonyl (C=O) groups is 2. The Morgan fingerprint density at radius 1 is 1.46 bits per heavy atom. The molecule has 1 atom stereocenters. The average Bonchev–Trinajstić information content (AvgIpc) is 2.16. The molecule has 0 aromatic heterocycles. The van der Waals surface area contributed by atoms with Crippen LogP contribution >= 0.6 is 11.6 Å². The van der Waals surface area contributed by atoms with E-state index in [0.29, 0.717) is 6.29 Å². The van der Waals surface area contributed by atoms with Gasteiger partial charge in [0, 0.05) is 5.56 Å². The summed E-state index contributed by atoms with van der Waals surface area (Å²) in [5, 5.41) is 8.38. The summed E-state index contributed by atoms with van der Waals surface area (Å²) in [5.41, 5.74) is 0.501. The third kappa shape index (κ3) is 2.14. The van der Waals surface area contributed by atoms with Crippen LogP contribution in [0.1, 0.15) is 22.0 Å². The van der Waals surface area contributed by atoms with Gasteiger partial charge in [-0.15, -0.1) is 0 Å². The van der Waals surface area contributed by atoms with Crippen LogP contribution in [0.4, 0.5) is 0 Å². The maximum absolute atomic E-state index is 10.6. The van der Waals surface area contributed by atoms with E-state index in [1.54, 1.807) is 12.1 Å². The van der Waals surface area contributed by atoms with Gasteiger partial charge < -0.3 is 5.11 Å². The topological polar surface area (TPSA) is 54.4 Å². The third-order valence-electron chi connectivity index (χ3n) is 1.63. The number of rotatable bonds is 3. The summed E-state index contributed by atoms with van der Waals surface area (Å²) in [7, 11) is 0. The van der Waals surface area contributed by atoms with Crippen LogP contribution in [0.2, 0.25) is 0 Å². The van der Waals surface area contributed by atoms with Crippen molar-refractivity contribution in [1.82, 2.24) is 0 Å². The fourth-order valence-electron chi connectivity index (χ4n) is 0.989. The number of aliphatic hydroxyl groups is 1. The molecular formula is C9H7ClO3. The molecule has 0 spiro atoms. The Hall–Kier alpha value is -1.19. The van der Waals surface area contributed by atoms with E-state index in [4.69, 9.17) is 11.6 Å². The molecule has 0 heterocycles. The van der Waals surface area contributed by atoms with Crippen LogP contribution in [0, 0.1) is 0 Å². The number of hydrogen-bond acceptors (Lipinski definition) is 3. The van der Waals surface area contributed by atoms with Crippen molar-refractivity contribution in [3.8, 4) is 0 Å². The summed E-state index contributed by atoms with van der Waals surface area (Å²) in [6.07, 6.45) is -0.860. The predicted molar refractivity (Wildman–Crippen MR) is 47.6 cm³/mol. The van der Waals surface area contributed by atoms with Crippen LogP contribution in [-0.4, -0.2) is 16.6 Å². The van der Waals surface area contributed by atoms with Gasteiger partial charge in [-0.1, -0.05) is 24.3 Å². The molecule has 1 aromatic carbocycles. The second kappa shape index (κ2) is 4.16. The number of carbonyl (C=O) groups excluding carboxylic acids is 2. The average molecular weight is 199 g/mol. The van der Waals surface area contributed by atoms with Crippen molar-refractivity contribution in [3.05, 3.63) is 35.4 Å². The quantitative estimate of drug-likeness (QED) is 0.588. The predicted octanol–water partition coefficient (Wildman–Crippen LogP) is 1.30. The van der Waals surface area contributed by atoms with Crippen LogP contribution in [0.25, 0.3) is 0 Å². The van der Waals surface area contributed by atoms with Crippen molar-refractivity contribution in [2.24, 2.45) is 0 Å². The molecule has 0 unspecified atom stereocenters. The fourth-order valence-corrected chi connectivity index (χ4v) is 1.11. The molecule has 3 nitrogen and oxygen atoms in total. The molecule has 68 valence electrons. The molecule has 0 saturated carbocycles. The first-order valence-corrected chi connectivity index (χ1v) is 3.96. The lowest BCUT2D eigenvalue weighted by Crippen LogP contribution is -2.07. The summed E-state index contributed by atoms with van der Waals surface area (Å²) in [5.74, 6) is 0. The number of aldehydes is 1. The van der Waals surface area contributed by atoms with E-state index in [0.717, 1.165) is 0 Å². The molecular weight excluding hydrogens is 192 g/mol. The zero-order valence-electron chi connectivity index (χ0n) is 6.61. The Bertz CT molecular complexity index is 335. The smallest absolute Gasteiger partial charge is 0.254 e. The molecule has 4 heteroatoms. The summed E-state index contributed by atoms with van der Waals surface area (Å²) < 4.78 is 0. The maximum atomic E-state index is 10.6. The number of aliphatic hydroxyl groups excluding tert-OH is 1. The lowest BCUT2D eigenvalue weighted by molar-refractivity contribution is -0.119. The molecule has 0 amide bonds. The number of halogens is 1. The van der Waals surface area contributed by atoms with Crippen LogP contribution in [-0.2, 0) is 4.79 Å². The minimum Gasteiger partial charge on any atom is -0.379 e. The van der Waals surface area contributed by atoms with Crippen molar-refractivity contribution < 1.29 is 14.7 Å². The van der Waals surface area contributed by atoms with Crippen LogP contribution in [0.15, 0.2) is 24.3 Å². The first-order valence-electron chi connectivity index (χ1n) is 3.58. The molecule has 0 aliphatic carbocycles. The lowest BCUT2D eigenvalue weighted by Gasteiger charge is -2.07. The normalized spacial score (nSPS) is 12.2. The van der Waals surface area contributed by atoms with E-state index in [1.165, 1.54) is 12.1 Å². The fraction of sp³-hybridized carbons (Fsp3) is 0.111. The van der Waals surface area contributed by atoms with Crippen molar-refractivity contribution in [3.63, 3.8) is 0 Å². The van der Waals surface area contributed by atoms with Gasteiger partial charge in [0.05, 0.1) is 0 Å². The molecule has 0 aliphatic rings. The highest BCUT2D eigenvalue weighted by Crippen LogP contribution is 2.18. The SMILES string of the molecule is O=Cc1ccccc1[C@@H](O)C(=O)Cl. The minimum atomic E-state index is -1.43. The Balaban J connectivity index is 3.12. The van der Waals surface area contributed by atoms with E-state index in [-0.39, 0.29) is 11.1 Å². The van der Waals surface area contributed by atoms with E-state index in [9.17, 15) is 14.7 Å². The van der Waals surface area contributed by atoms with Crippen LogP contribution < -0.4 is 0 Å². The molecule has 0 fully saturated rings. The lowest BCUT2D eigenvalue weighted by atomic mass is 10.0. The van der Waals surface area contributed by atoms with Gasteiger partial charge in [-0.2, -0.15) is 0 Å². The Morgan fingerprint density at radius 2 is 2.08 bits per heavy atom. The monoisotopic (exact) mass is 198 g/mol. The molecule has 1 N–H and O–H groups in total. The molecule has 13 heavy (non-hydrogen) atoms. The Labute approximate surface area is 79.9 Å². The maximum Gasteiger partial charge on any atom is 0.254 e. The zero-order chi connectivity index (χ0) is 9.84.